The molecule has 1 nitrogen and oxygen atoms in total. The van der Waals surface area contributed by atoms with Crippen LogP contribution in [0.2, 0.25) is 0 Å². The first-order chi connectivity index (χ1) is 7.57. The van der Waals surface area contributed by atoms with Gasteiger partial charge in [-0.05, 0) is 46.9 Å². The van der Waals surface area contributed by atoms with E-state index in [4.69, 9.17) is 5.73 Å². The Kier molecular flexibility index (Phi) is 3.91. The van der Waals surface area contributed by atoms with Crippen LogP contribution in [0.4, 0.5) is 5.69 Å². The van der Waals surface area contributed by atoms with E-state index in [2.05, 4.69) is 53.7 Å². The third kappa shape index (κ3) is 5.25. The minimum atomic E-state index is 0.306. The molecule has 2 N–H and O–H groups in total. The molecule has 0 radical (unpaired) electrons. The number of hydrogen-bond donors (Lipinski definition) is 1. The van der Waals surface area contributed by atoms with E-state index >= 15 is 0 Å². The Balaban J connectivity index is 3.04. The van der Waals surface area contributed by atoms with E-state index in [1.54, 1.807) is 0 Å². The van der Waals surface area contributed by atoms with E-state index in [0.29, 0.717) is 10.8 Å². The molecule has 0 saturated heterocycles. The summed E-state index contributed by atoms with van der Waals surface area (Å²) in [5.74, 6) is 0. The third-order valence-electron chi connectivity index (χ3n) is 2.67. The number of hydrogen-bond acceptors (Lipinski definition) is 1. The van der Waals surface area contributed by atoms with Gasteiger partial charge in [-0.15, -0.1) is 0 Å². The van der Waals surface area contributed by atoms with Crippen LogP contribution in [0.25, 0.3) is 0 Å². The summed E-state index contributed by atoms with van der Waals surface area (Å²) in [5.41, 5.74) is 10.3. The van der Waals surface area contributed by atoms with Gasteiger partial charge in [0.15, 0.2) is 0 Å². The van der Waals surface area contributed by atoms with Crippen molar-refractivity contribution >= 4 is 5.69 Å². The van der Waals surface area contributed by atoms with Gasteiger partial charge in [0.05, 0.1) is 0 Å². The molecule has 1 aromatic rings. The molecule has 0 aromatic heterocycles. The van der Waals surface area contributed by atoms with Crippen molar-refractivity contribution < 1.29 is 0 Å². The van der Waals surface area contributed by atoms with Crippen LogP contribution in [0.5, 0.6) is 0 Å². The monoisotopic (exact) mass is 233 g/mol. The van der Waals surface area contributed by atoms with Crippen LogP contribution in [0.1, 0.15) is 52.7 Å². The maximum absolute atomic E-state index is 5.91. The Hall–Kier alpha value is -0.980. The maximum Gasteiger partial charge on any atom is 0.0316 e. The summed E-state index contributed by atoms with van der Waals surface area (Å²) < 4.78 is 0. The summed E-state index contributed by atoms with van der Waals surface area (Å²) in [7, 11) is 0. The fourth-order valence-corrected chi connectivity index (χ4v) is 2.13. The van der Waals surface area contributed by atoms with Crippen LogP contribution in [0.15, 0.2) is 18.2 Å². The second-order valence-electron chi connectivity index (χ2n) is 7.50. The van der Waals surface area contributed by atoms with Gasteiger partial charge >= 0.3 is 0 Å². The second kappa shape index (κ2) is 4.72. The van der Waals surface area contributed by atoms with Crippen molar-refractivity contribution in [1.29, 1.82) is 0 Å². The van der Waals surface area contributed by atoms with Gasteiger partial charge in [-0.3, -0.25) is 0 Å². The minimum Gasteiger partial charge on any atom is -0.399 e. The summed E-state index contributed by atoms with van der Waals surface area (Å²) in [6.07, 6.45) is 2.20. The van der Waals surface area contributed by atoms with Gasteiger partial charge in [0.2, 0.25) is 0 Å². The molecular formula is C16H27N. The summed E-state index contributed by atoms with van der Waals surface area (Å²) in [6.45, 7) is 13.7. The lowest BCUT2D eigenvalue weighted by Crippen LogP contribution is -2.15. The highest BCUT2D eigenvalue weighted by Crippen LogP contribution is 2.29. The SMILES string of the molecule is CC(C)(C)Cc1ccc(N)cc1CC(C)(C)C. The Labute approximate surface area is 106 Å². The molecule has 0 saturated carbocycles. The van der Waals surface area contributed by atoms with Gasteiger partial charge in [0, 0.05) is 5.69 Å². The highest BCUT2D eigenvalue weighted by molar-refractivity contribution is 5.45. The predicted molar refractivity (Wildman–Crippen MR) is 77.2 cm³/mol. The summed E-state index contributed by atoms with van der Waals surface area (Å²) in [6, 6.07) is 6.36. The molecule has 0 aliphatic carbocycles. The van der Waals surface area contributed by atoms with Crippen molar-refractivity contribution in [2.45, 2.75) is 54.4 Å². The molecule has 0 aliphatic rings. The molecule has 0 bridgehead atoms. The molecule has 0 unspecified atom stereocenters. The van der Waals surface area contributed by atoms with Crippen molar-refractivity contribution in [3.8, 4) is 0 Å². The first-order valence-electron chi connectivity index (χ1n) is 6.44. The van der Waals surface area contributed by atoms with E-state index in [-0.39, 0.29) is 0 Å². The van der Waals surface area contributed by atoms with Crippen LogP contribution in [-0.4, -0.2) is 0 Å². The second-order valence-corrected chi connectivity index (χ2v) is 7.50. The zero-order valence-electron chi connectivity index (χ0n) is 12.2. The Bertz CT molecular complexity index is 377. The van der Waals surface area contributed by atoms with Gasteiger partial charge in [0.1, 0.15) is 0 Å². The quantitative estimate of drug-likeness (QED) is 0.751. The molecule has 1 rings (SSSR count). The van der Waals surface area contributed by atoms with Crippen molar-refractivity contribution in [3.05, 3.63) is 29.3 Å². The fourth-order valence-electron chi connectivity index (χ4n) is 2.13. The smallest absolute Gasteiger partial charge is 0.0316 e. The largest absolute Gasteiger partial charge is 0.399 e. The topological polar surface area (TPSA) is 26.0 Å². The van der Waals surface area contributed by atoms with E-state index in [1.165, 1.54) is 11.1 Å². The predicted octanol–water partition coefficient (Wildman–Crippen LogP) is 4.45. The number of nitrogen functional groups attached to an aromatic ring is 1. The molecule has 0 amide bonds. The standard InChI is InChI=1S/C16H27N/c1-15(2,3)10-12-7-8-14(17)9-13(12)11-16(4,5)6/h7-9H,10-11,17H2,1-6H3. The van der Waals surface area contributed by atoms with Gasteiger partial charge in [-0.1, -0.05) is 47.6 Å². The zero-order valence-corrected chi connectivity index (χ0v) is 12.2. The lowest BCUT2D eigenvalue weighted by molar-refractivity contribution is 0.392. The summed E-state index contributed by atoms with van der Waals surface area (Å²) in [5, 5.41) is 0. The van der Waals surface area contributed by atoms with Crippen LogP contribution in [0.3, 0.4) is 0 Å². The number of nitrogens with two attached hydrogens (primary N) is 1. The maximum atomic E-state index is 5.91. The van der Waals surface area contributed by atoms with Gasteiger partial charge in [0.25, 0.3) is 0 Å². The van der Waals surface area contributed by atoms with Crippen LogP contribution in [-0.2, 0) is 12.8 Å². The van der Waals surface area contributed by atoms with E-state index in [0.717, 1.165) is 18.5 Å². The summed E-state index contributed by atoms with van der Waals surface area (Å²) in [4.78, 5) is 0. The van der Waals surface area contributed by atoms with Crippen LogP contribution >= 0.6 is 0 Å². The van der Waals surface area contributed by atoms with E-state index in [1.807, 2.05) is 6.07 Å². The molecule has 0 spiro atoms. The third-order valence-corrected chi connectivity index (χ3v) is 2.67. The minimum absolute atomic E-state index is 0.306. The lowest BCUT2D eigenvalue weighted by atomic mass is 9.81. The zero-order chi connectivity index (χ0) is 13.3. The number of benzene rings is 1. The molecule has 0 fully saturated rings. The molecule has 0 heterocycles. The van der Waals surface area contributed by atoms with Gasteiger partial charge < -0.3 is 5.73 Å². The van der Waals surface area contributed by atoms with Crippen molar-refractivity contribution in [2.24, 2.45) is 10.8 Å². The highest BCUT2D eigenvalue weighted by atomic mass is 14.5. The molecular weight excluding hydrogens is 206 g/mol. The normalized spacial score (nSPS) is 12.8. The average Bonchev–Trinajstić information content (AvgIpc) is 2.05. The lowest BCUT2D eigenvalue weighted by Gasteiger charge is -2.24. The van der Waals surface area contributed by atoms with Crippen molar-refractivity contribution in [3.63, 3.8) is 0 Å². The number of anilines is 1. The molecule has 0 atom stereocenters. The van der Waals surface area contributed by atoms with Crippen LogP contribution in [0, 0.1) is 10.8 Å². The van der Waals surface area contributed by atoms with Crippen LogP contribution < -0.4 is 5.73 Å². The molecule has 96 valence electrons. The fraction of sp³-hybridized carbons (Fsp3) is 0.625. The van der Waals surface area contributed by atoms with E-state index < -0.39 is 0 Å². The molecule has 0 aliphatic heterocycles. The van der Waals surface area contributed by atoms with E-state index in [9.17, 15) is 0 Å². The van der Waals surface area contributed by atoms with Gasteiger partial charge in [-0.2, -0.15) is 0 Å². The van der Waals surface area contributed by atoms with Crippen molar-refractivity contribution in [1.82, 2.24) is 0 Å². The molecule has 1 heteroatoms. The average molecular weight is 233 g/mol. The number of rotatable bonds is 2. The Morgan fingerprint density at radius 3 is 1.76 bits per heavy atom. The highest BCUT2D eigenvalue weighted by Gasteiger charge is 2.18. The first kappa shape index (κ1) is 14.1. The molecule has 17 heavy (non-hydrogen) atoms. The van der Waals surface area contributed by atoms with Gasteiger partial charge in [-0.25, -0.2) is 0 Å². The Morgan fingerprint density at radius 1 is 0.824 bits per heavy atom. The summed E-state index contributed by atoms with van der Waals surface area (Å²) >= 11 is 0. The first-order valence-corrected chi connectivity index (χ1v) is 6.44. The molecule has 1 aromatic carbocycles. The van der Waals surface area contributed by atoms with Crippen molar-refractivity contribution in [2.75, 3.05) is 5.73 Å². The Morgan fingerprint density at radius 2 is 1.29 bits per heavy atom.